The van der Waals surface area contributed by atoms with E-state index in [0.29, 0.717) is 17.9 Å². The number of likely N-dealkylation sites (tertiary alicyclic amines) is 1. The van der Waals surface area contributed by atoms with E-state index in [1.807, 2.05) is 6.92 Å². The lowest BCUT2D eigenvalue weighted by Gasteiger charge is -2.43. The summed E-state index contributed by atoms with van der Waals surface area (Å²) in [6.07, 6.45) is 11.9. The van der Waals surface area contributed by atoms with E-state index in [1.54, 1.807) is 6.33 Å². The Morgan fingerprint density at radius 3 is 2.86 bits per heavy atom. The van der Waals surface area contributed by atoms with Crippen molar-refractivity contribution in [1.82, 2.24) is 19.9 Å². The first-order valence-electron chi connectivity index (χ1n) is 10.7. The molecule has 1 N–H and O–H groups in total. The number of aromatic amines is 1. The van der Waals surface area contributed by atoms with Crippen molar-refractivity contribution in [3.05, 3.63) is 29.7 Å². The minimum absolute atomic E-state index is 0.219. The fraction of sp³-hybridized carbons (Fsp3) is 0.591. The lowest BCUT2D eigenvalue weighted by atomic mass is 9.84. The van der Waals surface area contributed by atoms with Gasteiger partial charge in [0.1, 0.15) is 17.8 Å². The standard InChI is InChI=1S/C22H29N5O/c1-14(9-16-5-3-6-16)22(28)26-8-4-7-17(12-26)27-11-15(2)18-10-23-20-19(18)21(27)25-13-24-20/h9-10,13,15-17H,3-8,11-12H2,1-2H3,(H,23,24,25)/b14-9+/t15?,17-/m1/s1. The van der Waals surface area contributed by atoms with Crippen LogP contribution in [0.1, 0.15) is 57.4 Å². The molecular formula is C22H29N5O. The van der Waals surface area contributed by atoms with Crippen molar-refractivity contribution in [2.75, 3.05) is 24.5 Å². The quantitative estimate of drug-likeness (QED) is 0.828. The first-order valence-corrected chi connectivity index (χ1v) is 10.7. The molecule has 1 amide bonds. The summed E-state index contributed by atoms with van der Waals surface area (Å²) in [6, 6.07) is 0.317. The number of nitrogens with one attached hydrogen (secondary N) is 1. The van der Waals surface area contributed by atoms with Gasteiger partial charge in [0.15, 0.2) is 0 Å². The third-order valence-corrected chi connectivity index (χ3v) is 6.85. The number of carbonyl (C=O) groups is 1. The average Bonchev–Trinajstić information content (AvgIpc) is 3.12. The van der Waals surface area contributed by atoms with Crippen LogP contribution in [0.2, 0.25) is 0 Å². The molecule has 2 aliphatic heterocycles. The van der Waals surface area contributed by atoms with Gasteiger partial charge in [-0.05, 0) is 44.1 Å². The highest BCUT2D eigenvalue weighted by atomic mass is 16.2. The Labute approximate surface area is 166 Å². The molecule has 28 heavy (non-hydrogen) atoms. The van der Waals surface area contributed by atoms with Gasteiger partial charge in [-0.3, -0.25) is 4.79 Å². The zero-order valence-corrected chi connectivity index (χ0v) is 16.8. The van der Waals surface area contributed by atoms with Crippen LogP contribution in [0.25, 0.3) is 11.0 Å². The van der Waals surface area contributed by atoms with Gasteiger partial charge in [-0.2, -0.15) is 0 Å². The number of piperidine rings is 1. The summed E-state index contributed by atoms with van der Waals surface area (Å²) in [7, 11) is 0. The van der Waals surface area contributed by atoms with E-state index in [0.717, 1.165) is 54.9 Å². The fourth-order valence-corrected chi connectivity index (χ4v) is 5.05. The molecular weight excluding hydrogens is 350 g/mol. The maximum absolute atomic E-state index is 13.0. The molecule has 0 aromatic carbocycles. The molecule has 3 aliphatic rings. The Kier molecular flexibility index (Phi) is 4.37. The minimum atomic E-state index is 0.219. The van der Waals surface area contributed by atoms with Crippen molar-refractivity contribution in [3.63, 3.8) is 0 Å². The number of hydrogen-bond acceptors (Lipinski definition) is 4. The number of anilines is 1. The van der Waals surface area contributed by atoms with E-state index in [9.17, 15) is 4.79 Å². The van der Waals surface area contributed by atoms with Gasteiger partial charge in [-0.15, -0.1) is 0 Å². The van der Waals surface area contributed by atoms with Gasteiger partial charge in [0.25, 0.3) is 0 Å². The second-order valence-corrected chi connectivity index (χ2v) is 8.81. The second-order valence-electron chi connectivity index (χ2n) is 8.81. The van der Waals surface area contributed by atoms with Crippen molar-refractivity contribution in [2.24, 2.45) is 5.92 Å². The number of allylic oxidation sites excluding steroid dienone is 1. The summed E-state index contributed by atoms with van der Waals surface area (Å²) in [4.78, 5) is 29.9. The minimum Gasteiger partial charge on any atom is -0.351 e. The highest BCUT2D eigenvalue weighted by molar-refractivity contribution is 5.94. The Balaban J connectivity index is 1.38. The van der Waals surface area contributed by atoms with E-state index >= 15 is 0 Å². The number of aromatic nitrogens is 3. The molecule has 1 aliphatic carbocycles. The van der Waals surface area contributed by atoms with Gasteiger partial charge in [-0.1, -0.05) is 19.4 Å². The van der Waals surface area contributed by atoms with E-state index in [1.165, 1.54) is 24.8 Å². The van der Waals surface area contributed by atoms with Crippen molar-refractivity contribution in [1.29, 1.82) is 0 Å². The molecule has 0 bridgehead atoms. The maximum atomic E-state index is 13.0. The Morgan fingerprint density at radius 1 is 1.21 bits per heavy atom. The predicted octanol–water partition coefficient (Wildman–Crippen LogP) is 3.62. The Hall–Kier alpha value is -2.37. The molecule has 6 nitrogen and oxygen atoms in total. The lowest BCUT2D eigenvalue weighted by molar-refractivity contribution is -0.128. The molecule has 0 spiro atoms. The van der Waals surface area contributed by atoms with E-state index < -0.39 is 0 Å². The molecule has 4 heterocycles. The lowest BCUT2D eigenvalue weighted by Crippen LogP contribution is -2.52. The Bertz CT molecular complexity index is 928. The number of carbonyl (C=O) groups excluding carboxylic acids is 1. The van der Waals surface area contributed by atoms with Crippen LogP contribution in [-0.2, 0) is 4.79 Å². The van der Waals surface area contributed by atoms with Gasteiger partial charge in [0, 0.05) is 43.4 Å². The van der Waals surface area contributed by atoms with E-state index in [4.69, 9.17) is 0 Å². The van der Waals surface area contributed by atoms with Crippen LogP contribution in [-0.4, -0.2) is 51.4 Å². The molecule has 2 aromatic rings. The van der Waals surface area contributed by atoms with Crippen LogP contribution in [0.15, 0.2) is 24.2 Å². The van der Waals surface area contributed by atoms with Gasteiger partial charge in [0.05, 0.1) is 5.39 Å². The van der Waals surface area contributed by atoms with Crippen molar-refractivity contribution in [3.8, 4) is 0 Å². The zero-order chi connectivity index (χ0) is 19.3. The molecule has 148 valence electrons. The number of amides is 1. The summed E-state index contributed by atoms with van der Waals surface area (Å²) in [5, 5.41) is 1.16. The molecule has 2 fully saturated rings. The number of H-pyrrole nitrogens is 1. The largest absolute Gasteiger partial charge is 0.351 e. The van der Waals surface area contributed by atoms with Crippen LogP contribution in [0, 0.1) is 5.92 Å². The molecule has 1 saturated carbocycles. The molecule has 0 radical (unpaired) electrons. The van der Waals surface area contributed by atoms with Crippen LogP contribution in [0.4, 0.5) is 5.82 Å². The SMILES string of the molecule is C/C(=C\C1CCC1)C(=O)N1CCC[C@@H](N2CC(C)c3c[nH]c4ncnc2c34)C1. The summed E-state index contributed by atoms with van der Waals surface area (Å²) in [6.45, 7) is 6.85. The van der Waals surface area contributed by atoms with Gasteiger partial charge >= 0.3 is 0 Å². The number of nitrogens with zero attached hydrogens (tertiary/aromatic N) is 4. The molecule has 1 unspecified atom stereocenters. The smallest absolute Gasteiger partial charge is 0.249 e. The summed E-state index contributed by atoms with van der Waals surface area (Å²) in [5.74, 6) is 2.30. The van der Waals surface area contributed by atoms with E-state index in [2.05, 4.69) is 43.9 Å². The van der Waals surface area contributed by atoms with Crippen LogP contribution >= 0.6 is 0 Å². The molecule has 5 rings (SSSR count). The topological polar surface area (TPSA) is 65.1 Å². The number of rotatable bonds is 3. The normalized spacial score (nSPS) is 25.9. The Morgan fingerprint density at radius 2 is 2.07 bits per heavy atom. The first kappa shape index (κ1) is 17.7. The third kappa shape index (κ3) is 2.90. The maximum Gasteiger partial charge on any atom is 0.249 e. The van der Waals surface area contributed by atoms with Crippen LogP contribution in [0.5, 0.6) is 0 Å². The van der Waals surface area contributed by atoms with Crippen molar-refractivity contribution in [2.45, 2.75) is 57.9 Å². The van der Waals surface area contributed by atoms with E-state index in [-0.39, 0.29) is 5.91 Å². The summed E-state index contributed by atoms with van der Waals surface area (Å²) in [5.41, 5.74) is 3.15. The highest BCUT2D eigenvalue weighted by Crippen LogP contribution is 2.39. The first-order chi connectivity index (χ1) is 13.6. The molecule has 2 atom stereocenters. The zero-order valence-electron chi connectivity index (χ0n) is 16.8. The summed E-state index contributed by atoms with van der Waals surface area (Å²) < 4.78 is 0. The predicted molar refractivity (Wildman–Crippen MR) is 110 cm³/mol. The van der Waals surface area contributed by atoms with Gasteiger partial charge < -0.3 is 14.8 Å². The third-order valence-electron chi connectivity index (χ3n) is 6.85. The van der Waals surface area contributed by atoms with Crippen molar-refractivity contribution >= 4 is 22.8 Å². The van der Waals surface area contributed by atoms with Crippen LogP contribution in [0.3, 0.4) is 0 Å². The number of hydrogen-bond donors (Lipinski definition) is 1. The average molecular weight is 380 g/mol. The van der Waals surface area contributed by atoms with Crippen LogP contribution < -0.4 is 4.90 Å². The molecule has 2 aromatic heterocycles. The summed E-state index contributed by atoms with van der Waals surface area (Å²) >= 11 is 0. The molecule has 1 saturated heterocycles. The van der Waals surface area contributed by atoms with Gasteiger partial charge in [0.2, 0.25) is 5.91 Å². The fourth-order valence-electron chi connectivity index (χ4n) is 5.05. The van der Waals surface area contributed by atoms with Gasteiger partial charge in [-0.25, -0.2) is 9.97 Å². The van der Waals surface area contributed by atoms with Crippen molar-refractivity contribution < 1.29 is 4.79 Å². The molecule has 6 heteroatoms. The highest BCUT2D eigenvalue weighted by Gasteiger charge is 2.34. The second kappa shape index (κ2) is 6.90. The monoisotopic (exact) mass is 379 g/mol.